The number of hydrogen-bond donors (Lipinski definition) is 0. The molecule has 6 nitrogen and oxygen atoms in total. The van der Waals surface area contributed by atoms with Gasteiger partial charge in [0, 0.05) is 90.4 Å². The standard InChI is InChI=1S/C124H106B2N6/c1-121(2,3)88-69-61-84(62-70-88)98-48-25-32-54-106(98)127(92-41-19-14-20-42-92)95-77-115-119-116(78-95)130(108-56-34-28-50-100(108)86-65-73-90(74-66-86)123(7,8)9)111-59-37-30-52-102(111)125(119)104-81-105-114(82-113(104)129(115)94-45-23-16-24-46-94)132(110-58-36-27-47-97(110)83-39-17-13-18-40-83)118-80-96(128(93-43-21-15-22-44-93)107-55-33-26-49-99(107)85-63-71-89(72-64-85)122(4,5)6)79-117-120(118)126(105)103-53-31-38-60-112(103)131(117)109-57-35-29-51-101(109)87-67-75-91(76-68-87)124(10,11)12/h13-82H,1-12H3. The van der Waals surface area contributed by atoms with Crippen molar-refractivity contribution in [3.05, 3.63) is 447 Å². The molecule has 8 heteroatoms. The van der Waals surface area contributed by atoms with Crippen molar-refractivity contribution in [2.24, 2.45) is 0 Å². The molecule has 22 rings (SSSR count). The van der Waals surface area contributed by atoms with Gasteiger partial charge in [0.05, 0.1) is 39.8 Å². The normalized spacial score (nSPS) is 13.1. The number of benzene rings is 18. The Morgan fingerprint density at radius 2 is 0.439 bits per heavy atom. The summed E-state index contributed by atoms with van der Waals surface area (Å²) in [5.41, 5.74) is 42.9. The summed E-state index contributed by atoms with van der Waals surface area (Å²) in [5.74, 6) is 0. The third-order valence-electron chi connectivity index (χ3n) is 27.7. The Morgan fingerprint density at radius 3 is 0.788 bits per heavy atom. The Hall–Kier alpha value is -15.1. The van der Waals surface area contributed by atoms with E-state index >= 15 is 0 Å². The van der Waals surface area contributed by atoms with E-state index < -0.39 is 0 Å². The van der Waals surface area contributed by atoms with Crippen LogP contribution in [0.3, 0.4) is 0 Å². The van der Waals surface area contributed by atoms with Gasteiger partial charge in [-0.1, -0.05) is 399 Å². The summed E-state index contributed by atoms with van der Waals surface area (Å²) in [6, 6.07) is 162. The van der Waals surface area contributed by atoms with Gasteiger partial charge in [0.1, 0.15) is 0 Å². The second-order valence-corrected chi connectivity index (χ2v) is 40.0. The molecule has 4 aliphatic heterocycles. The summed E-state index contributed by atoms with van der Waals surface area (Å²) in [4.78, 5) is 15.6. The first kappa shape index (κ1) is 82.6. The molecule has 0 spiro atoms. The smallest absolute Gasteiger partial charge is 0.252 e. The number of anilines is 18. The zero-order valence-electron chi connectivity index (χ0n) is 77.3. The van der Waals surface area contributed by atoms with E-state index in [2.05, 4.69) is 537 Å². The summed E-state index contributed by atoms with van der Waals surface area (Å²) in [6.45, 7) is 27.0. The molecule has 4 heterocycles. The molecule has 0 N–H and O–H groups in total. The predicted molar refractivity (Wildman–Crippen MR) is 566 cm³/mol. The van der Waals surface area contributed by atoms with Crippen LogP contribution in [0, 0.1) is 0 Å². The van der Waals surface area contributed by atoms with Crippen molar-refractivity contribution in [1.82, 2.24) is 0 Å². The number of para-hydroxylation sites is 10. The minimum absolute atomic E-state index is 0.0317. The van der Waals surface area contributed by atoms with Crippen LogP contribution in [0.2, 0.25) is 0 Å². The van der Waals surface area contributed by atoms with Gasteiger partial charge in [-0.15, -0.1) is 0 Å². The quantitative estimate of drug-likeness (QED) is 0.0946. The molecule has 0 aromatic heterocycles. The molecule has 18 aromatic rings. The van der Waals surface area contributed by atoms with Gasteiger partial charge in [0.2, 0.25) is 0 Å². The van der Waals surface area contributed by atoms with Crippen LogP contribution in [-0.2, 0) is 21.7 Å². The van der Waals surface area contributed by atoms with Gasteiger partial charge in [-0.25, -0.2) is 0 Å². The highest BCUT2D eigenvalue weighted by Crippen LogP contribution is 2.57. The lowest BCUT2D eigenvalue weighted by molar-refractivity contribution is 0.590. The van der Waals surface area contributed by atoms with E-state index in [1.807, 2.05) is 0 Å². The molecule has 4 aliphatic rings. The van der Waals surface area contributed by atoms with Crippen LogP contribution in [-0.4, -0.2) is 13.4 Å². The summed E-state index contributed by atoms with van der Waals surface area (Å²) < 4.78 is 0. The minimum atomic E-state index is -0.321. The lowest BCUT2D eigenvalue weighted by atomic mass is 9.30. The maximum absolute atomic E-state index is 2.69. The van der Waals surface area contributed by atoms with Crippen LogP contribution >= 0.6 is 0 Å². The van der Waals surface area contributed by atoms with Crippen molar-refractivity contribution < 1.29 is 0 Å². The predicted octanol–water partition coefficient (Wildman–Crippen LogP) is 30.3. The van der Waals surface area contributed by atoms with E-state index in [4.69, 9.17) is 0 Å². The molecular weight excluding hydrogens is 1600 g/mol. The molecular formula is C124H106B2N6. The average Bonchev–Trinajstić information content (AvgIpc) is 0.673. The summed E-state index contributed by atoms with van der Waals surface area (Å²) in [5, 5.41) is 0. The fourth-order valence-corrected chi connectivity index (χ4v) is 21.0. The van der Waals surface area contributed by atoms with Crippen molar-refractivity contribution >= 4 is 149 Å². The minimum Gasteiger partial charge on any atom is -0.311 e. The number of fused-ring (bicyclic) bond motifs is 8. The number of rotatable bonds is 15. The van der Waals surface area contributed by atoms with E-state index in [1.54, 1.807) is 0 Å². The van der Waals surface area contributed by atoms with E-state index in [1.165, 1.54) is 55.0 Å². The Balaban J connectivity index is 0.865. The van der Waals surface area contributed by atoms with Gasteiger partial charge in [0.15, 0.2) is 0 Å². The molecule has 0 atom stereocenters. The summed E-state index contributed by atoms with van der Waals surface area (Å²) >= 11 is 0. The maximum Gasteiger partial charge on any atom is 0.252 e. The lowest BCUT2D eigenvalue weighted by Gasteiger charge is -2.48. The molecule has 132 heavy (non-hydrogen) atoms. The van der Waals surface area contributed by atoms with Gasteiger partial charge in [-0.3, -0.25) is 0 Å². The maximum atomic E-state index is 2.69. The van der Waals surface area contributed by atoms with Gasteiger partial charge in [-0.2, -0.15) is 0 Å². The molecule has 0 bridgehead atoms. The van der Waals surface area contributed by atoms with Crippen LogP contribution in [0.5, 0.6) is 0 Å². The second kappa shape index (κ2) is 32.5. The number of nitrogens with zero attached hydrogens (tertiary/aromatic N) is 6. The average molecular weight is 1700 g/mol. The highest BCUT2D eigenvalue weighted by Gasteiger charge is 2.50. The van der Waals surface area contributed by atoms with Crippen LogP contribution in [0.15, 0.2) is 425 Å². The van der Waals surface area contributed by atoms with Crippen LogP contribution in [0.4, 0.5) is 102 Å². The fraction of sp³-hybridized carbons (Fsp3) is 0.129. The first-order valence-corrected chi connectivity index (χ1v) is 46.7. The Morgan fingerprint density at radius 1 is 0.182 bits per heavy atom. The molecule has 0 amide bonds. The third-order valence-corrected chi connectivity index (χ3v) is 27.7. The number of hydrogen-bond acceptors (Lipinski definition) is 6. The van der Waals surface area contributed by atoms with Crippen molar-refractivity contribution in [3.63, 3.8) is 0 Å². The van der Waals surface area contributed by atoms with Crippen molar-refractivity contribution in [2.75, 3.05) is 29.4 Å². The zero-order chi connectivity index (χ0) is 90.1. The summed E-state index contributed by atoms with van der Waals surface area (Å²) in [6.07, 6.45) is 0. The van der Waals surface area contributed by atoms with Crippen molar-refractivity contribution in [2.45, 2.75) is 105 Å². The Kier molecular flexibility index (Phi) is 20.3. The SMILES string of the molecule is CC(C)(C)c1ccc(-c2ccccc2N(c2ccccc2)c2cc3c4c(c2)N(c2ccccc2-c2ccc(C(C)(C)C)cc2)c2ccccc2B4c2cc4c(cc2N3c2ccccc2)N(c2ccccc2-c2ccccc2)c2cc(N(c3ccccc3)c3ccccc3-c3ccc(C(C)(C)C)cc3)cc3c2B4c2ccccc2N3c2ccccc2-c2ccc(C(C)(C)C)cc2)cc1. The van der Waals surface area contributed by atoms with Gasteiger partial charge in [-0.05, 0) is 214 Å². The molecule has 18 aromatic carbocycles. The zero-order valence-corrected chi connectivity index (χ0v) is 77.3. The van der Waals surface area contributed by atoms with E-state index in [0.29, 0.717) is 0 Å². The lowest BCUT2D eigenvalue weighted by Crippen LogP contribution is -2.65. The highest BCUT2D eigenvalue weighted by atomic mass is 15.2. The van der Waals surface area contributed by atoms with Crippen molar-refractivity contribution in [1.29, 1.82) is 0 Å². The van der Waals surface area contributed by atoms with Gasteiger partial charge in [0.25, 0.3) is 13.4 Å². The molecule has 0 fully saturated rings. The molecule has 638 valence electrons. The highest BCUT2D eigenvalue weighted by molar-refractivity contribution is 7.03. The molecule has 0 unspecified atom stereocenters. The molecule has 0 saturated carbocycles. The largest absolute Gasteiger partial charge is 0.311 e. The Bertz CT molecular complexity index is 7430. The first-order chi connectivity index (χ1) is 64.1. The molecule has 0 saturated heterocycles. The van der Waals surface area contributed by atoms with Gasteiger partial charge < -0.3 is 29.4 Å². The van der Waals surface area contributed by atoms with Crippen LogP contribution < -0.4 is 62.2 Å². The monoisotopic (exact) mass is 1700 g/mol. The van der Waals surface area contributed by atoms with E-state index in [-0.39, 0.29) is 35.1 Å². The second-order valence-electron chi connectivity index (χ2n) is 40.0. The fourth-order valence-electron chi connectivity index (χ4n) is 21.0. The van der Waals surface area contributed by atoms with Crippen LogP contribution in [0.25, 0.3) is 55.6 Å². The molecule has 0 aliphatic carbocycles. The van der Waals surface area contributed by atoms with Crippen LogP contribution in [0.1, 0.15) is 105 Å². The third kappa shape index (κ3) is 14.4. The molecule has 0 radical (unpaired) electrons. The van der Waals surface area contributed by atoms with Gasteiger partial charge >= 0.3 is 0 Å². The Labute approximate surface area is 779 Å². The van der Waals surface area contributed by atoms with E-state index in [9.17, 15) is 0 Å². The topological polar surface area (TPSA) is 19.4 Å². The first-order valence-electron chi connectivity index (χ1n) is 46.7. The van der Waals surface area contributed by atoms with E-state index in [0.717, 1.165) is 158 Å². The summed E-state index contributed by atoms with van der Waals surface area (Å²) in [7, 11) is 0. The van der Waals surface area contributed by atoms with Crippen molar-refractivity contribution in [3.8, 4) is 55.6 Å².